The summed E-state index contributed by atoms with van der Waals surface area (Å²) in [5.74, 6) is -0.729. The fourth-order valence-electron chi connectivity index (χ4n) is 1.74. The second-order valence-corrected chi connectivity index (χ2v) is 4.95. The number of carboxylic acids is 1. The van der Waals surface area contributed by atoms with E-state index in [2.05, 4.69) is 11.1 Å². The molecule has 1 aromatic carbocycles. The van der Waals surface area contributed by atoms with Crippen LogP contribution in [0.5, 0.6) is 0 Å². The minimum atomic E-state index is -0.729. The van der Waals surface area contributed by atoms with E-state index in [4.69, 9.17) is 5.11 Å². The van der Waals surface area contributed by atoms with Gasteiger partial charge in [-0.25, -0.2) is 4.98 Å². The molecule has 0 atom stereocenters. The van der Waals surface area contributed by atoms with Crippen LogP contribution in [0.1, 0.15) is 23.4 Å². The first kappa shape index (κ1) is 11.1. The van der Waals surface area contributed by atoms with Gasteiger partial charge in [-0.1, -0.05) is 12.1 Å². The Kier molecular flexibility index (Phi) is 3.19. The summed E-state index contributed by atoms with van der Waals surface area (Å²) in [6, 6.07) is 6.04. The Morgan fingerprint density at radius 3 is 3.06 bits per heavy atom. The summed E-state index contributed by atoms with van der Waals surface area (Å²) in [6.45, 7) is 1.99. The monoisotopic (exact) mass is 235 g/mol. The van der Waals surface area contributed by atoms with E-state index in [0.29, 0.717) is 6.42 Å². The van der Waals surface area contributed by atoms with Crippen molar-refractivity contribution in [2.24, 2.45) is 0 Å². The summed E-state index contributed by atoms with van der Waals surface area (Å²) in [5.41, 5.74) is 2.24. The SMILES string of the molecule is Cc1nc2cccc(CCCC(=O)O)c2s1. The van der Waals surface area contributed by atoms with E-state index < -0.39 is 5.97 Å². The normalized spacial score (nSPS) is 10.8. The molecule has 1 N–H and O–H groups in total. The lowest BCUT2D eigenvalue weighted by atomic mass is 10.1. The van der Waals surface area contributed by atoms with Crippen LogP contribution >= 0.6 is 11.3 Å². The van der Waals surface area contributed by atoms with Crippen LogP contribution in [0.3, 0.4) is 0 Å². The third-order valence-corrected chi connectivity index (χ3v) is 3.50. The molecule has 0 saturated carbocycles. The molecular weight excluding hydrogens is 222 g/mol. The number of hydrogen-bond donors (Lipinski definition) is 1. The Morgan fingerprint density at radius 1 is 1.50 bits per heavy atom. The highest BCUT2D eigenvalue weighted by atomic mass is 32.1. The Labute approximate surface area is 97.8 Å². The largest absolute Gasteiger partial charge is 0.481 e. The quantitative estimate of drug-likeness (QED) is 0.886. The number of hydrogen-bond acceptors (Lipinski definition) is 3. The number of fused-ring (bicyclic) bond motifs is 1. The Hall–Kier alpha value is -1.42. The van der Waals surface area contributed by atoms with Gasteiger partial charge in [0.05, 0.1) is 15.2 Å². The zero-order valence-electron chi connectivity index (χ0n) is 9.06. The number of thiazole rings is 1. The van der Waals surface area contributed by atoms with Crippen LogP contribution in [-0.2, 0) is 11.2 Å². The molecule has 0 unspecified atom stereocenters. The van der Waals surface area contributed by atoms with Crippen molar-refractivity contribution < 1.29 is 9.90 Å². The number of rotatable bonds is 4. The summed E-state index contributed by atoms with van der Waals surface area (Å²) in [7, 11) is 0. The average Bonchev–Trinajstić information content (AvgIpc) is 2.58. The maximum absolute atomic E-state index is 10.4. The summed E-state index contributed by atoms with van der Waals surface area (Å²) < 4.78 is 1.20. The molecule has 0 radical (unpaired) electrons. The molecule has 16 heavy (non-hydrogen) atoms. The molecule has 0 amide bonds. The standard InChI is InChI=1S/C12H13NO2S/c1-8-13-10-6-2-4-9(12(10)16-8)5-3-7-11(14)15/h2,4,6H,3,5,7H2,1H3,(H,14,15). The van der Waals surface area contributed by atoms with Gasteiger partial charge in [0.2, 0.25) is 0 Å². The van der Waals surface area contributed by atoms with E-state index in [1.54, 1.807) is 11.3 Å². The molecule has 1 heterocycles. The van der Waals surface area contributed by atoms with E-state index in [-0.39, 0.29) is 6.42 Å². The summed E-state index contributed by atoms with van der Waals surface area (Å²) >= 11 is 1.68. The average molecular weight is 235 g/mol. The van der Waals surface area contributed by atoms with Gasteiger partial charge in [0, 0.05) is 6.42 Å². The van der Waals surface area contributed by atoms with E-state index in [1.165, 1.54) is 10.3 Å². The topological polar surface area (TPSA) is 50.2 Å². The van der Waals surface area contributed by atoms with Gasteiger partial charge in [-0.15, -0.1) is 11.3 Å². The zero-order chi connectivity index (χ0) is 11.5. The number of aliphatic carboxylic acids is 1. The van der Waals surface area contributed by atoms with Crippen molar-refractivity contribution in [2.75, 3.05) is 0 Å². The zero-order valence-corrected chi connectivity index (χ0v) is 9.88. The van der Waals surface area contributed by atoms with Gasteiger partial charge in [-0.05, 0) is 31.4 Å². The van der Waals surface area contributed by atoms with Gasteiger partial charge in [-0.3, -0.25) is 4.79 Å². The van der Waals surface area contributed by atoms with Crippen molar-refractivity contribution in [3.63, 3.8) is 0 Å². The molecule has 84 valence electrons. The van der Waals surface area contributed by atoms with E-state index in [0.717, 1.165) is 16.9 Å². The second-order valence-electron chi connectivity index (χ2n) is 3.75. The molecule has 0 bridgehead atoms. The summed E-state index contributed by atoms with van der Waals surface area (Å²) in [6.07, 6.45) is 1.73. The molecule has 2 aromatic rings. The first-order valence-corrected chi connectivity index (χ1v) is 6.05. The fraction of sp³-hybridized carbons (Fsp3) is 0.333. The highest BCUT2D eigenvalue weighted by Gasteiger charge is 2.06. The Balaban J connectivity index is 2.20. The van der Waals surface area contributed by atoms with Crippen molar-refractivity contribution >= 4 is 27.5 Å². The molecule has 0 aliphatic rings. The van der Waals surface area contributed by atoms with Gasteiger partial charge in [0.15, 0.2) is 0 Å². The van der Waals surface area contributed by atoms with Crippen LogP contribution in [0.4, 0.5) is 0 Å². The number of carbonyl (C=O) groups is 1. The van der Waals surface area contributed by atoms with Crippen LogP contribution in [-0.4, -0.2) is 16.1 Å². The predicted molar refractivity (Wildman–Crippen MR) is 64.9 cm³/mol. The third-order valence-electron chi connectivity index (χ3n) is 2.44. The van der Waals surface area contributed by atoms with E-state index in [9.17, 15) is 4.79 Å². The molecule has 3 nitrogen and oxygen atoms in total. The molecular formula is C12H13NO2S. The van der Waals surface area contributed by atoms with Crippen molar-refractivity contribution in [2.45, 2.75) is 26.2 Å². The highest BCUT2D eigenvalue weighted by Crippen LogP contribution is 2.26. The maximum Gasteiger partial charge on any atom is 0.303 e. The molecule has 0 fully saturated rings. The summed E-state index contributed by atoms with van der Waals surface area (Å²) in [5, 5.41) is 9.66. The predicted octanol–water partition coefficient (Wildman–Crippen LogP) is 3.01. The molecule has 0 aliphatic heterocycles. The number of aromatic nitrogens is 1. The Morgan fingerprint density at radius 2 is 2.31 bits per heavy atom. The van der Waals surface area contributed by atoms with Crippen LogP contribution in [0.15, 0.2) is 18.2 Å². The molecule has 1 aromatic heterocycles. The Bertz CT molecular complexity index is 519. The number of benzene rings is 1. The lowest BCUT2D eigenvalue weighted by Crippen LogP contribution is -1.95. The molecule has 0 aliphatic carbocycles. The lowest BCUT2D eigenvalue weighted by molar-refractivity contribution is -0.137. The van der Waals surface area contributed by atoms with Crippen molar-refractivity contribution in [1.29, 1.82) is 0 Å². The fourth-order valence-corrected chi connectivity index (χ4v) is 2.70. The third kappa shape index (κ3) is 2.39. The molecule has 0 saturated heterocycles. The maximum atomic E-state index is 10.4. The first-order valence-electron chi connectivity index (χ1n) is 5.23. The van der Waals surface area contributed by atoms with Crippen molar-refractivity contribution in [1.82, 2.24) is 4.98 Å². The van der Waals surface area contributed by atoms with Crippen LogP contribution in [0, 0.1) is 6.92 Å². The van der Waals surface area contributed by atoms with Crippen LogP contribution < -0.4 is 0 Å². The van der Waals surface area contributed by atoms with Gasteiger partial charge < -0.3 is 5.11 Å². The van der Waals surface area contributed by atoms with Crippen LogP contribution in [0.2, 0.25) is 0 Å². The number of aryl methyl sites for hydroxylation is 2. The molecule has 2 rings (SSSR count). The summed E-state index contributed by atoms with van der Waals surface area (Å²) in [4.78, 5) is 14.9. The van der Waals surface area contributed by atoms with E-state index in [1.807, 2.05) is 19.1 Å². The minimum absolute atomic E-state index is 0.230. The first-order chi connectivity index (χ1) is 7.66. The van der Waals surface area contributed by atoms with Crippen molar-refractivity contribution in [3.8, 4) is 0 Å². The van der Waals surface area contributed by atoms with Crippen molar-refractivity contribution in [3.05, 3.63) is 28.8 Å². The van der Waals surface area contributed by atoms with E-state index >= 15 is 0 Å². The molecule has 4 heteroatoms. The van der Waals surface area contributed by atoms with Gasteiger partial charge >= 0.3 is 5.97 Å². The highest BCUT2D eigenvalue weighted by molar-refractivity contribution is 7.18. The van der Waals surface area contributed by atoms with Crippen LogP contribution in [0.25, 0.3) is 10.2 Å². The number of carboxylic acid groups (broad SMARTS) is 1. The van der Waals surface area contributed by atoms with Gasteiger partial charge in [0.25, 0.3) is 0 Å². The van der Waals surface area contributed by atoms with Gasteiger partial charge in [0.1, 0.15) is 0 Å². The molecule has 0 spiro atoms. The van der Waals surface area contributed by atoms with Gasteiger partial charge in [-0.2, -0.15) is 0 Å². The minimum Gasteiger partial charge on any atom is -0.481 e. The number of nitrogens with zero attached hydrogens (tertiary/aromatic N) is 1. The smallest absolute Gasteiger partial charge is 0.303 e. The second kappa shape index (κ2) is 4.61. The lowest BCUT2D eigenvalue weighted by Gasteiger charge is -2.00.